The molecule has 0 radical (unpaired) electrons. The van der Waals surface area contributed by atoms with Crippen LogP contribution in [0.5, 0.6) is 0 Å². The summed E-state index contributed by atoms with van der Waals surface area (Å²) in [5, 5.41) is 0.867. The number of fused-ring (bicyclic) bond motifs is 1. The van der Waals surface area contributed by atoms with Crippen molar-refractivity contribution < 1.29 is 0 Å². The molecule has 1 aromatic rings. The predicted molar refractivity (Wildman–Crippen MR) is 98.9 cm³/mol. The highest BCUT2D eigenvalue weighted by atomic mass is 35.5. The second-order valence-electron chi connectivity index (χ2n) is 7.92. The average Bonchev–Trinajstić information content (AvgIpc) is 2.75. The zero-order valence-corrected chi connectivity index (χ0v) is 14.9. The van der Waals surface area contributed by atoms with E-state index in [1.165, 1.54) is 81.2 Å². The van der Waals surface area contributed by atoms with Gasteiger partial charge in [-0.05, 0) is 92.3 Å². The molecule has 1 aliphatic heterocycles. The van der Waals surface area contributed by atoms with Crippen molar-refractivity contribution in [3.8, 4) is 0 Å². The molecule has 0 atom stereocenters. The minimum Gasteiger partial charge on any atom is -0.300 e. The third-order valence-electron chi connectivity index (χ3n) is 6.63. The van der Waals surface area contributed by atoms with Gasteiger partial charge < -0.3 is 4.90 Å². The Morgan fingerprint density at radius 2 is 1.74 bits per heavy atom. The lowest BCUT2D eigenvalue weighted by atomic mass is 9.68. The Labute approximate surface area is 145 Å². The van der Waals surface area contributed by atoms with E-state index in [0.29, 0.717) is 5.41 Å². The highest BCUT2D eigenvalue weighted by Gasteiger charge is 2.43. The van der Waals surface area contributed by atoms with Crippen molar-refractivity contribution in [3.05, 3.63) is 40.9 Å². The first kappa shape index (κ1) is 15.7. The van der Waals surface area contributed by atoms with Gasteiger partial charge in [0.2, 0.25) is 0 Å². The predicted octanol–water partition coefficient (Wildman–Crippen LogP) is 5.71. The van der Waals surface area contributed by atoms with E-state index in [2.05, 4.69) is 23.6 Å². The van der Waals surface area contributed by atoms with Crippen LogP contribution in [0.4, 0.5) is 0 Å². The van der Waals surface area contributed by atoms with E-state index < -0.39 is 0 Å². The van der Waals surface area contributed by atoms with Crippen molar-refractivity contribution >= 4 is 17.2 Å². The molecule has 0 amide bonds. The van der Waals surface area contributed by atoms with Crippen LogP contribution in [0.3, 0.4) is 0 Å². The Bertz CT molecular complexity index is 590. The monoisotopic (exact) mass is 329 g/mol. The van der Waals surface area contributed by atoms with Crippen LogP contribution in [0.1, 0.15) is 62.5 Å². The van der Waals surface area contributed by atoms with Gasteiger partial charge in [0.05, 0.1) is 0 Å². The Morgan fingerprint density at radius 1 is 1.04 bits per heavy atom. The first-order chi connectivity index (χ1) is 11.2. The Balaban J connectivity index is 1.46. The summed E-state index contributed by atoms with van der Waals surface area (Å²) in [5.41, 5.74) is 4.52. The summed E-state index contributed by atoms with van der Waals surface area (Å²) >= 11 is 6.20. The fourth-order valence-electron chi connectivity index (χ4n) is 5.22. The van der Waals surface area contributed by atoms with E-state index in [4.69, 9.17) is 11.6 Å². The van der Waals surface area contributed by atoms with Gasteiger partial charge in [0.15, 0.2) is 0 Å². The Hall–Kier alpha value is -0.790. The summed E-state index contributed by atoms with van der Waals surface area (Å²) in [6, 6.07) is 7.19. The minimum atomic E-state index is 0.329. The maximum absolute atomic E-state index is 6.20. The summed E-state index contributed by atoms with van der Waals surface area (Å²) in [7, 11) is 0. The second kappa shape index (κ2) is 6.26. The lowest BCUT2D eigenvalue weighted by molar-refractivity contribution is 0.121. The van der Waals surface area contributed by atoms with Crippen molar-refractivity contribution in [2.24, 2.45) is 5.41 Å². The molecule has 0 N–H and O–H groups in total. The molecule has 4 rings (SSSR count). The van der Waals surface area contributed by atoms with Crippen molar-refractivity contribution in [3.63, 3.8) is 0 Å². The van der Waals surface area contributed by atoms with Gasteiger partial charge in [-0.25, -0.2) is 0 Å². The first-order valence-electron chi connectivity index (χ1n) is 9.40. The van der Waals surface area contributed by atoms with Gasteiger partial charge in [-0.3, -0.25) is 0 Å². The van der Waals surface area contributed by atoms with Gasteiger partial charge in [0.25, 0.3) is 0 Å². The molecule has 1 saturated carbocycles. The van der Waals surface area contributed by atoms with E-state index in [-0.39, 0.29) is 0 Å². The molecule has 2 fully saturated rings. The average molecular weight is 330 g/mol. The van der Waals surface area contributed by atoms with Crippen LogP contribution < -0.4 is 0 Å². The molecule has 23 heavy (non-hydrogen) atoms. The van der Waals surface area contributed by atoms with Crippen LogP contribution in [0.2, 0.25) is 5.02 Å². The molecule has 2 aliphatic carbocycles. The zero-order valence-electron chi connectivity index (χ0n) is 14.1. The molecule has 0 unspecified atom stereocenters. The summed E-state index contributed by atoms with van der Waals surface area (Å²) in [4.78, 5) is 2.79. The molecular weight excluding hydrogens is 302 g/mol. The first-order valence-corrected chi connectivity index (χ1v) is 9.78. The molecule has 3 aliphatic rings. The molecule has 0 bridgehead atoms. The fourth-order valence-corrected chi connectivity index (χ4v) is 5.41. The molecule has 1 spiro atoms. The standard InChI is InChI=1S/C21H28ClN/c1-16-20-7-6-18(22)14-17(20)15-21(16)10-8-19(9-11-21)23-12-4-2-3-5-13-23/h6-7,14,19H,1-5,8-13,15H2. The minimum absolute atomic E-state index is 0.329. The normalized spacial score (nSPS) is 32.0. The number of benzene rings is 1. The smallest absolute Gasteiger partial charge is 0.0409 e. The third-order valence-corrected chi connectivity index (χ3v) is 6.87. The Kier molecular flexibility index (Phi) is 4.28. The zero-order chi connectivity index (χ0) is 15.9. The molecule has 1 aromatic carbocycles. The summed E-state index contributed by atoms with van der Waals surface area (Å²) in [5.74, 6) is 0. The van der Waals surface area contributed by atoms with E-state index in [1.807, 2.05) is 6.07 Å². The quantitative estimate of drug-likeness (QED) is 0.637. The highest BCUT2D eigenvalue weighted by Crippen LogP contribution is 2.54. The summed E-state index contributed by atoms with van der Waals surface area (Å²) in [6.07, 6.45) is 12.1. The number of halogens is 1. The highest BCUT2D eigenvalue weighted by molar-refractivity contribution is 6.30. The van der Waals surface area contributed by atoms with E-state index in [1.54, 1.807) is 0 Å². The van der Waals surface area contributed by atoms with Gasteiger partial charge in [-0.2, -0.15) is 0 Å². The molecule has 124 valence electrons. The molecule has 2 heteroatoms. The van der Waals surface area contributed by atoms with Gasteiger partial charge in [-0.1, -0.05) is 37.1 Å². The topological polar surface area (TPSA) is 3.24 Å². The third kappa shape index (κ3) is 2.87. The molecule has 1 saturated heterocycles. The van der Waals surface area contributed by atoms with Gasteiger partial charge in [-0.15, -0.1) is 0 Å². The number of hydrogen-bond acceptors (Lipinski definition) is 1. The van der Waals surface area contributed by atoms with E-state index in [9.17, 15) is 0 Å². The number of likely N-dealkylation sites (tertiary alicyclic amines) is 1. The number of nitrogens with zero attached hydrogens (tertiary/aromatic N) is 1. The van der Waals surface area contributed by atoms with Crippen molar-refractivity contribution in [2.75, 3.05) is 13.1 Å². The fraction of sp³-hybridized carbons (Fsp3) is 0.619. The lowest BCUT2D eigenvalue weighted by Crippen LogP contribution is -2.41. The van der Waals surface area contributed by atoms with Crippen LogP contribution in [-0.4, -0.2) is 24.0 Å². The van der Waals surface area contributed by atoms with Crippen LogP contribution >= 0.6 is 11.6 Å². The largest absolute Gasteiger partial charge is 0.300 e. The maximum atomic E-state index is 6.20. The Morgan fingerprint density at radius 3 is 2.43 bits per heavy atom. The number of allylic oxidation sites excluding steroid dienone is 1. The van der Waals surface area contributed by atoms with E-state index >= 15 is 0 Å². The van der Waals surface area contributed by atoms with Crippen LogP contribution in [0.25, 0.3) is 5.57 Å². The summed E-state index contributed by atoms with van der Waals surface area (Å²) in [6.45, 7) is 7.15. The van der Waals surface area contributed by atoms with Crippen LogP contribution in [0.15, 0.2) is 24.8 Å². The van der Waals surface area contributed by atoms with Crippen LogP contribution in [-0.2, 0) is 6.42 Å². The number of rotatable bonds is 1. The van der Waals surface area contributed by atoms with E-state index in [0.717, 1.165) is 17.5 Å². The van der Waals surface area contributed by atoms with Gasteiger partial charge in [0.1, 0.15) is 0 Å². The lowest BCUT2D eigenvalue weighted by Gasteiger charge is -2.42. The molecular formula is C21H28ClN. The van der Waals surface area contributed by atoms with Crippen molar-refractivity contribution in [1.29, 1.82) is 0 Å². The molecule has 1 nitrogen and oxygen atoms in total. The summed E-state index contributed by atoms with van der Waals surface area (Å²) < 4.78 is 0. The van der Waals surface area contributed by atoms with Gasteiger partial charge in [0, 0.05) is 11.1 Å². The molecule has 0 aromatic heterocycles. The van der Waals surface area contributed by atoms with Crippen molar-refractivity contribution in [1.82, 2.24) is 4.90 Å². The van der Waals surface area contributed by atoms with Gasteiger partial charge >= 0.3 is 0 Å². The maximum Gasteiger partial charge on any atom is 0.0409 e. The van der Waals surface area contributed by atoms with Crippen molar-refractivity contribution in [2.45, 2.75) is 63.8 Å². The number of hydrogen-bond donors (Lipinski definition) is 0. The second-order valence-corrected chi connectivity index (χ2v) is 8.35. The molecule has 1 heterocycles. The van der Waals surface area contributed by atoms with Crippen LogP contribution in [0, 0.1) is 5.41 Å². The SMILES string of the molecule is C=C1c2ccc(Cl)cc2CC12CCC(N1CCCCCC1)CC2.